The van der Waals surface area contributed by atoms with Crippen LogP contribution in [0.3, 0.4) is 0 Å². The zero-order valence-corrected chi connectivity index (χ0v) is 14.2. The van der Waals surface area contributed by atoms with Crippen LogP contribution in [0.5, 0.6) is 0 Å². The van der Waals surface area contributed by atoms with Crippen molar-refractivity contribution < 1.29 is 9.21 Å². The fourth-order valence-corrected chi connectivity index (χ4v) is 3.11. The van der Waals surface area contributed by atoms with Crippen LogP contribution in [0.4, 0.5) is 0 Å². The topological polar surface area (TPSA) is 81.2 Å². The van der Waals surface area contributed by atoms with Gasteiger partial charge in [-0.1, -0.05) is 31.4 Å². The highest BCUT2D eigenvalue weighted by Crippen LogP contribution is 2.26. The summed E-state index contributed by atoms with van der Waals surface area (Å²) in [6, 6.07) is 5.88. The average molecular weight is 338 g/mol. The summed E-state index contributed by atoms with van der Waals surface area (Å²) in [5, 5.41) is 2.94. The molecule has 0 saturated heterocycles. The molecule has 2 aromatic rings. The molecule has 1 aliphatic carbocycles. The number of nitrogens with zero attached hydrogens (tertiary/aromatic N) is 1. The van der Waals surface area contributed by atoms with Gasteiger partial charge in [-0.2, -0.15) is 0 Å². The number of fused-ring (bicyclic) bond motifs is 1. The molecule has 3 rings (SSSR count). The van der Waals surface area contributed by atoms with Crippen LogP contribution in [0.1, 0.15) is 43.6 Å². The minimum Gasteiger partial charge on any atom is -0.441 e. The van der Waals surface area contributed by atoms with Gasteiger partial charge in [-0.25, -0.2) is 4.98 Å². The van der Waals surface area contributed by atoms with Crippen molar-refractivity contribution in [1.82, 2.24) is 10.3 Å². The van der Waals surface area contributed by atoms with E-state index >= 15 is 0 Å². The first kappa shape index (κ1) is 17.8. The van der Waals surface area contributed by atoms with Gasteiger partial charge in [-0.05, 0) is 31.4 Å². The monoisotopic (exact) mass is 337 g/mol. The van der Waals surface area contributed by atoms with E-state index in [4.69, 9.17) is 10.2 Å². The smallest absolute Gasteiger partial charge is 0.240 e. The maximum atomic E-state index is 12.2. The molecule has 6 heteroatoms. The summed E-state index contributed by atoms with van der Waals surface area (Å²) in [4.78, 5) is 16.7. The van der Waals surface area contributed by atoms with E-state index in [0.717, 1.165) is 42.3 Å². The second-order valence-corrected chi connectivity index (χ2v) is 6.25. The van der Waals surface area contributed by atoms with Gasteiger partial charge < -0.3 is 15.5 Å². The van der Waals surface area contributed by atoms with Crippen LogP contribution in [0, 0.1) is 6.92 Å². The Morgan fingerprint density at radius 1 is 1.35 bits per heavy atom. The second-order valence-electron chi connectivity index (χ2n) is 6.25. The van der Waals surface area contributed by atoms with Crippen LogP contribution in [0.15, 0.2) is 22.6 Å². The summed E-state index contributed by atoms with van der Waals surface area (Å²) in [5.74, 6) is 0.610. The molecule has 1 aromatic heterocycles. The number of para-hydroxylation sites is 1. The number of nitrogens with two attached hydrogens (primary N) is 1. The molecule has 1 aromatic carbocycles. The molecule has 3 N–H and O–H groups in total. The molecule has 0 atom stereocenters. The van der Waals surface area contributed by atoms with Crippen LogP contribution in [0.2, 0.25) is 0 Å². The van der Waals surface area contributed by atoms with Crippen LogP contribution in [-0.4, -0.2) is 23.0 Å². The van der Waals surface area contributed by atoms with Crippen LogP contribution in [0.25, 0.3) is 11.1 Å². The maximum absolute atomic E-state index is 12.2. The van der Waals surface area contributed by atoms with E-state index in [1.807, 2.05) is 25.1 Å². The molecule has 5 nitrogen and oxygen atoms in total. The summed E-state index contributed by atoms with van der Waals surface area (Å²) in [5.41, 5.74) is 8.31. The number of rotatable bonds is 4. The Balaban J connectivity index is 0.00000192. The van der Waals surface area contributed by atoms with E-state index in [2.05, 4.69) is 10.3 Å². The normalized spacial score (nSPS) is 16.8. The molecule has 0 aliphatic heterocycles. The van der Waals surface area contributed by atoms with Crippen molar-refractivity contribution in [2.45, 2.75) is 51.0 Å². The molecule has 0 unspecified atom stereocenters. The molecule has 126 valence electrons. The van der Waals surface area contributed by atoms with Crippen molar-refractivity contribution in [3.05, 3.63) is 29.7 Å². The number of carbonyl (C=O) groups excluding carboxylic acids is 1. The Hall–Kier alpha value is -1.59. The molecule has 1 amide bonds. The second kappa shape index (κ2) is 7.32. The number of benzene rings is 1. The number of hydrogen-bond acceptors (Lipinski definition) is 4. The maximum Gasteiger partial charge on any atom is 0.240 e. The van der Waals surface area contributed by atoms with Gasteiger partial charge >= 0.3 is 0 Å². The predicted octanol–water partition coefficient (Wildman–Crippen LogP) is 2.88. The van der Waals surface area contributed by atoms with Crippen LogP contribution in [-0.2, 0) is 11.2 Å². The predicted molar refractivity (Wildman–Crippen MR) is 92.7 cm³/mol. The van der Waals surface area contributed by atoms with Gasteiger partial charge in [0.1, 0.15) is 5.52 Å². The quantitative estimate of drug-likeness (QED) is 0.898. The Morgan fingerprint density at radius 3 is 2.78 bits per heavy atom. The van der Waals surface area contributed by atoms with Crippen molar-refractivity contribution in [3.8, 4) is 0 Å². The summed E-state index contributed by atoms with van der Waals surface area (Å²) < 4.78 is 5.71. The standard InChI is InChI=1S/C17H23N3O2.ClH/c1-12-6-5-7-13-15(12)20-14(22-13)8-11-19-16(21)17(18)9-3-2-4-10-17;/h5-7H,2-4,8-11,18H2,1H3,(H,19,21);1H. The first-order chi connectivity index (χ1) is 10.6. The number of amides is 1. The third kappa shape index (κ3) is 3.85. The van der Waals surface area contributed by atoms with Crippen molar-refractivity contribution in [2.24, 2.45) is 5.73 Å². The van der Waals surface area contributed by atoms with E-state index in [0.29, 0.717) is 18.9 Å². The minimum absolute atomic E-state index is 0. The molecule has 1 heterocycles. The first-order valence-electron chi connectivity index (χ1n) is 8.01. The molecule has 0 radical (unpaired) electrons. The molecule has 1 saturated carbocycles. The van der Waals surface area contributed by atoms with Crippen molar-refractivity contribution in [2.75, 3.05) is 6.54 Å². The van der Waals surface area contributed by atoms with Gasteiger partial charge in [0.05, 0.1) is 5.54 Å². The minimum atomic E-state index is -0.684. The summed E-state index contributed by atoms with van der Waals surface area (Å²) in [6.45, 7) is 2.52. The summed E-state index contributed by atoms with van der Waals surface area (Å²) >= 11 is 0. The molecule has 23 heavy (non-hydrogen) atoms. The molecule has 1 fully saturated rings. The lowest BCUT2D eigenvalue weighted by molar-refractivity contribution is -0.127. The van der Waals surface area contributed by atoms with Gasteiger partial charge in [0.25, 0.3) is 0 Å². The Morgan fingerprint density at radius 2 is 2.09 bits per heavy atom. The molecule has 0 bridgehead atoms. The van der Waals surface area contributed by atoms with Crippen molar-refractivity contribution >= 4 is 29.4 Å². The van der Waals surface area contributed by atoms with Crippen LogP contribution >= 0.6 is 12.4 Å². The Labute approximate surface area is 142 Å². The molecule has 0 spiro atoms. The third-order valence-electron chi connectivity index (χ3n) is 4.49. The average Bonchev–Trinajstić information content (AvgIpc) is 2.92. The number of carbonyl (C=O) groups is 1. The summed E-state index contributed by atoms with van der Waals surface area (Å²) in [6.07, 6.45) is 5.38. The van der Waals surface area contributed by atoms with Gasteiger partial charge in [0.2, 0.25) is 5.91 Å². The van der Waals surface area contributed by atoms with E-state index in [-0.39, 0.29) is 18.3 Å². The SMILES string of the molecule is Cc1cccc2oc(CCNC(=O)C3(N)CCCCC3)nc12.Cl. The zero-order valence-electron chi connectivity index (χ0n) is 13.4. The molecular weight excluding hydrogens is 314 g/mol. The van der Waals surface area contributed by atoms with E-state index in [1.165, 1.54) is 6.42 Å². The van der Waals surface area contributed by atoms with Gasteiger partial charge in [0, 0.05) is 13.0 Å². The highest BCUT2D eigenvalue weighted by Gasteiger charge is 2.34. The van der Waals surface area contributed by atoms with Crippen LogP contribution < -0.4 is 11.1 Å². The van der Waals surface area contributed by atoms with E-state index in [9.17, 15) is 4.79 Å². The number of aromatic nitrogens is 1. The number of nitrogens with one attached hydrogen (secondary N) is 1. The highest BCUT2D eigenvalue weighted by molar-refractivity contribution is 5.86. The van der Waals surface area contributed by atoms with Crippen molar-refractivity contribution in [1.29, 1.82) is 0 Å². The molecule has 1 aliphatic rings. The van der Waals surface area contributed by atoms with Gasteiger partial charge in [-0.3, -0.25) is 4.79 Å². The number of oxazole rings is 1. The third-order valence-corrected chi connectivity index (χ3v) is 4.49. The number of hydrogen-bond donors (Lipinski definition) is 2. The van der Waals surface area contributed by atoms with Gasteiger partial charge in [-0.15, -0.1) is 12.4 Å². The number of halogens is 1. The summed E-state index contributed by atoms with van der Waals surface area (Å²) in [7, 11) is 0. The number of aryl methyl sites for hydroxylation is 1. The zero-order chi connectivity index (χ0) is 15.6. The lowest BCUT2D eigenvalue weighted by Gasteiger charge is -2.31. The fourth-order valence-electron chi connectivity index (χ4n) is 3.11. The first-order valence-corrected chi connectivity index (χ1v) is 8.01. The van der Waals surface area contributed by atoms with Gasteiger partial charge in [0.15, 0.2) is 11.5 Å². The Kier molecular flexibility index (Phi) is 5.65. The largest absolute Gasteiger partial charge is 0.441 e. The van der Waals surface area contributed by atoms with E-state index < -0.39 is 5.54 Å². The lowest BCUT2D eigenvalue weighted by atomic mass is 9.82. The van der Waals surface area contributed by atoms with E-state index in [1.54, 1.807) is 0 Å². The highest BCUT2D eigenvalue weighted by atomic mass is 35.5. The Bertz CT molecular complexity index is 678. The van der Waals surface area contributed by atoms with Crippen molar-refractivity contribution in [3.63, 3.8) is 0 Å². The molecular formula is C17H24ClN3O2. The fraction of sp³-hybridized carbons (Fsp3) is 0.529. The lowest BCUT2D eigenvalue weighted by Crippen LogP contribution is -2.55.